The molecule has 1 aromatic carbocycles. The second-order valence-corrected chi connectivity index (χ2v) is 8.48. The molecule has 2 aromatic heterocycles. The molecule has 3 heterocycles. The molecule has 1 atom stereocenters. The molecule has 4 rings (SSSR count). The van der Waals surface area contributed by atoms with Crippen molar-refractivity contribution in [1.82, 2.24) is 18.8 Å². The molecule has 6 nitrogen and oxygen atoms in total. The summed E-state index contributed by atoms with van der Waals surface area (Å²) in [4.78, 5) is 9.40. The maximum atomic E-state index is 12.9. The summed E-state index contributed by atoms with van der Waals surface area (Å²) in [5.41, 5.74) is 2.62. The fraction of sp³-hybridized carbons (Fsp3) is 0.333. The third-order valence-electron chi connectivity index (χ3n) is 4.81. The number of aryl methyl sites for hydroxylation is 2. The third kappa shape index (κ3) is 2.73. The first kappa shape index (κ1) is 16.2. The van der Waals surface area contributed by atoms with Crippen molar-refractivity contribution < 1.29 is 8.42 Å². The molecule has 0 bridgehead atoms. The van der Waals surface area contributed by atoms with Crippen molar-refractivity contribution in [1.29, 1.82) is 0 Å². The molecular formula is C18H20N4O2S. The van der Waals surface area contributed by atoms with Gasteiger partial charge in [-0.1, -0.05) is 12.1 Å². The van der Waals surface area contributed by atoms with Crippen LogP contribution >= 0.6 is 0 Å². The van der Waals surface area contributed by atoms with Crippen LogP contribution in [0.15, 0.2) is 47.5 Å². The maximum absolute atomic E-state index is 12.9. The van der Waals surface area contributed by atoms with Crippen LogP contribution in [0.1, 0.15) is 23.7 Å². The summed E-state index contributed by atoms with van der Waals surface area (Å²) in [5, 5.41) is 0. The van der Waals surface area contributed by atoms with Gasteiger partial charge in [0.2, 0.25) is 10.0 Å². The monoisotopic (exact) mass is 356 g/mol. The fourth-order valence-electron chi connectivity index (χ4n) is 3.49. The van der Waals surface area contributed by atoms with Gasteiger partial charge >= 0.3 is 0 Å². The molecule has 25 heavy (non-hydrogen) atoms. The molecule has 0 aliphatic carbocycles. The first-order valence-electron chi connectivity index (χ1n) is 8.31. The summed E-state index contributed by atoms with van der Waals surface area (Å²) in [7, 11) is -1.52. The van der Waals surface area contributed by atoms with E-state index in [1.54, 1.807) is 28.7 Å². The van der Waals surface area contributed by atoms with E-state index in [4.69, 9.17) is 0 Å². The quantitative estimate of drug-likeness (QED) is 0.723. The highest BCUT2D eigenvalue weighted by Crippen LogP contribution is 2.31. The highest BCUT2D eigenvalue weighted by molar-refractivity contribution is 7.89. The standard InChI is InChI=1S/C18H20N4O2S/c1-13-5-3-6-15(11-13)25(23,24)22-10-8-14(12-22)17-20-16-7-4-9-19-18(16)21(17)2/h3-7,9,11,14H,8,10,12H2,1-2H3. The van der Waals surface area contributed by atoms with Gasteiger partial charge in [-0.15, -0.1) is 0 Å². The smallest absolute Gasteiger partial charge is 0.243 e. The Hall–Kier alpha value is -2.25. The van der Waals surface area contributed by atoms with Crippen LogP contribution in [0.2, 0.25) is 0 Å². The number of hydrogen-bond donors (Lipinski definition) is 0. The molecule has 0 saturated carbocycles. The fourth-order valence-corrected chi connectivity index (χ4v) is 5.09. The summed E-state index contributed by atoms with van der Waals surface area (Å²) >= 11 is 0. The van der Waals surface area contributed by atoms with E-state index in [9.17, 15) is 8.42 Å². The van der Waals surface area contributed by atoms with E-state index < -0.39 is 10.0 Å². The third-order valence-corrected chi connectivity index (χ3v) is 6.67. The van der Waals surface area contributed by atoms with Crippen molar-refractivity contribution in [3.8, 4) is 0 Å². The summed E-state index contributed by atoms with van der Waals surface area (Å²) in [6.07, 6.45) is 2.51. The van der Waals surface area contributed by atoms with Crippen LogP contribution < -0.4 is 0 Å². The lowest BCUT2D eigenvalue weighted by Gasteiger charge is -2.17. The number of nitrogens with zero attached hydrogens (tertiary/aromatic N) is 4. The topological polar surface area (TPSA) is 68.1 Å². The van der Waals surface area contributed by atoms with Gasteiger partial charge in [0, 0.05) is 32.3 Å². The van der Waals surface area contributed by atoms with Crippen molar-refractivity contribution in [3.05, 3.63) is 54.0 Å². The molecule has 0 N–H and O–H groups in total. The molecule has 1 unspecified atom stereocenters. The van der Waals surface area contributed by atoms with Crippen LogP contribution in [0.4, 0.5) is 0 Å². The molecule has 7 heteroatoms. The Labute approximate surface area is 147 Å². The molecule has 1 fully saturated rings. The number of aromatic nitrogens is 3. The summed E-state index contributed by atoms with van der Waals surface area (Å²) in [5.74, 6) is 0.981. The molecule has 3 aromatic rings. The summed E-state index contributed by atoms with van der Waals surface area (Å²) in [6, 6.07) is 10.9. The van der Waals surface area contributed by atoms with E-state index in [2.05, 4.69) is 9.97 Å². The molecule has 1 aliphatic rings. The zero-order valence-corrected chi connectivity index (χ0v) is 15.1. The van der Waals surface area contributed by atoms with Crippen LogP contribution in [-0.4, -0.2) is 40.3 Å². The van der Waals surface area contributed by atoms with Gasteiger partial charge in [0.25, 0.3) is 0 Å². The van der Waals surface area contributed by atoms with Gasteiger partial charge in [-0.25, -0.2) is 18.4 Å². The SMILES string of the molecule is Cc1cccc(S(=O)(=O)N2CCC(c3nc4cccnc4n3C)C2)c1. The highest BCUT2D eigenvalue weighted by Gasteiger charge is 2.35. The van der Waals surface area contributed by atoms with E-state index in [1.807, 2.05) is 36.7 Å². The van der Waals surface area contributed by atoms with Crippen LogP contribution in [0, 0.1) is 6.92 Å². The molecular weight excluding hydrogens is 336 g/mol. The number of benzene rings is 1. The number of sulfonamides is 1. The van der Waals surface area contributed by atoms with Gasteiger partial charge in [-0.05, 0) is 43.2 Å². The van der Waals surface area contributed by atoms with E-state index in [-0.39, 0.29) is 5.92 Å². The number of imidazole rings is 1. The highest BCUT2D eigenvalue weighted by atomic mass is 32.2. The van der Waals surface area contributed by atoms with E-state index >= 15 is 0 Å². The lowest BCUT2D eigenvalue weighted by molar-refractivity contribution is 0.470. The average molecular weight is 356 g/mol. The van der Waals surface area contributed by atoms with Crippen molar-refractivity contribution in [3.63, 3.8) is 0 Å². The minimum Gasteiger partial charge on any atom is -0.316 e. The summed E-state index contributed by atoms with van der Waals surface area (Å²) < 4.78 is 29.4. The lowest BCUT2D eigenvalue weighted by Crippen LogP contribution is -2.29. The second kappa shape index (κ2) is 5.93. The Balaban J connectivity index is 1.63. The molecule has 0 radical (unpaired) electrons. The van der Waals surface area contributed by atoms with Crippen molar-refractivity contribution in [2.75, 3.05) is 13.1 Å². The Kier molecular flexibility index (Phi) is 3.85. The van der Waals surface area contributed by atoms with Gasteiger partial charge < -0.3 is 4.57 Å². The van der Waals surface area contributed by atoms with Crippen molar-refractivity contribution in [2.45, 2.75) is 24.2 Å². The molecule has 0 amide bonds. The number of hydrogen-bond acceptors (Lipinski definition) is 4. The lowest BCUT2D eigenvalue weighted by atomic mass is 10.1. The molecule has 1 saturated heterocycles. The summed E-state index contributed by atoms with van der Waals surface area (Å²) in [6.45, 7) is 2.86. The van der Waals surface area contributed by atoms with E-state index in [1.165, 1.54) is 0 Å². The predicted molar refractivity (Wildman–Crippen MR) is 95.8 cm³/mol. The number of fused-ring (bicyclic) bond motifs is 1. The molecule has 0 spiro atoms. The number of pyridine rings is 1. The normalized spacial score (nSPS) is 18.9. The Morgan fingerprint density at radius 1 is 1.20 bits per heavy atom. The Morgan fingerprint density at radius 3 is 2.80 bits per heavy atom. The zero-order valence-electron chi connectivity index (χ0n) is 14.3. The second-order valence-electron chi connectivity index (χ2n) is 6.54. The average Bonchev–Trinajstić information content (AvgIpc) is 3.21. The zero-order chi connectivity index (χ0) is 17.6. The van der Waals surface area contributed by atoms with Crippen LogP contribution in [-0.2, 0) is 17.1 Å². The van der Waals surface area contributed by atoms with E-state index in [0.717, 1.165) is 29.0 Å². The predicted octanol–water partition coefficient (Wildman–Crippen LogP) is 2.45. The van der Waals surface area contributed by atoms with E-state index in [0.29, 0.717) is 18.0 Å². The van der Waals surface area contributed by atoms with Crippen molar-refractivity contribution in [2.24, 2.45) is 7.05 Å². The largest absolute Gasteiger partial charge is 0.316 e. The minimum atomic E-state index is -3.46. The maximum Gasteiger partial charge on any atom is 0.243 e. The van der Waals surface area contributed by atoms with Gasteiger partial charge in [0.1, 0.15) is 11.3 Å². The van der Waals surface area contributed by atoms with Gasteiger partial charge in [-0.2, -0.15) is 4.31 Å². The Bertz CT molecular complexity index is 1040. The first-order chi connectivity index (χ1) is 12.0. The van der Waals surface area contributed by atoms with Gasteiger partial charge in [-0.3, -0.25) is 0 Å². The minimum absolute atomic E-state index is 0.0822. The van der Waals surface area contributed by atoms with Gasteiger partial charge in [0.05, 0.1) is 4.90 Å². The van der Waals surface area contributed by atoms with Crippen molar-refractivity contribution >= 4 is 21.2 Å². The van der Waals surface area contributed by atoms with Crippen LogP contribution in [0.25, 0.3) is 11.2 Å². The van der Waals surface area contributed by atoms with Crippen LogP contribution in [0.5, 0.6) is 0 Å². The Morgan fingerprint density at radius 2 is 2.04 bits per heavy atom. The van der Waals surface area contributed by atoms with Crippen LogP contribution in [0.3, 0.4) is 0 Å². The molecule has 130 valence electrons. The van der Waals surface area contributed by atoms with Gasteiger partial charge in [0.15, 0.2) is 5.65 Å². The number of rotatable bonds is 3. The first-order valence-corrected chi connectivity index (χ1v) is 9.75. The molecule has 1 aliphatic heterocycles.